The number of rotatable bonds is 10. The number of pyridine rings is 1. The lowest BCUT2D eigenvalue weighted by Crippen LogP contribution is -2.22. The molecule has 0 aliphatic heterocycles. The Hall–Kier alpha value is -3.82. The van der Waals surface area contributed by atoms with Crippen LogP contribution in [0.1, 0.15) is 20.7 Å². The van der Waals surface area contributed by atoms with E-state index < -0.39 is 14.0 Å². The van der Waals surface area contributed by atoms with Crippen molar-refractivity contribution in [2.45, 2.75) is 32.4 Å². The fraction of sp³-hybridized carbons (Fsp3) is 0.259. The third kappa shape index (κ3) is 5.87. The van der Waals surface area contributed by atoms with E-state index in [1.54, 1.807) is 42.6 Å². The zero-order chi connectivity index (χ0) is 25.7. The van der Waals surface area contributed by atoms with Gasteiger partial charge in [-0.05, 0) is 48.5 Å². The number of carbonyl (C=O) groups excluding carboxylic acids is 2. The SMILES string of the molecule is COC(=O)c1cc2c(cc1Oc1ccc(C=O)cc1)nc(-c1ccccn1)n2COCC[Si](C)(C)C. The number of nitrogens with zero attached hydrogens (tertiary/aromatic N) is 3. The van der Waals surface area contributed by atoms with Crippen LogP contribution in [-0.2, 0) is 16.2 Å². The molecule has 2 heterocycles. The van der Waals surface area contributed by atoms with Crippen molar-refractivity contribution in [3.8, 4) is 23.0 Å². The lowest BCUT2D eigenvalue weighted by Gasteiger charge is -2.16. The summed E-state index contributed by atoms with van der Waals surface area (Å²) >= 11 is 0. The summed E-state index contributed by atoms with van der Waals surface area (Å²) in [4.78, 5) is 33.0. The number of ether oxygens (including phenoxy) is 3. The Bertz CT molecular complexity index is 1360. The summed E-state index contributed by atoms with van der Waals surface area (Å²) in [5, 5.41) is 0. The van der Waals surface area contributed by atoms with Gasteiger partial charge in [0.25, 0.3) is 0 Å². The average Bonchev–Trinajstić information content (AvgIpc) is 3.23. The van der Waals surface area contributed by atoms with Crippen molar-refractivity contribution in [1.29, 1.82) is 0 Å². The Morgan fingerprint density at radius 1 is 1.08 bits per heavy atom. The molecule has 0 spiro atoms. The number of aromatic nitrogens is 3. The van der Waals surface area contributed by atoms with Gasteiger partial charge < -0.3 is 14.2 Å². The number of hydrogen-bond acceptors (Lipinski definition) is 7. The first-order valence-corrected chi connectivity index (χ1v) is 15.3. The Labute approximate surface area is 210 Å². The zero-order valence-electron chi connectivity index (χ0n) is 20.9. The molecule has 0 N–H and O–H groups in total. The van der Waals surface area contributed by atoms with Crippen LogP contribution in [0.4, 0.5) is 0 Å². The highest BCUT2D eigenvalue weighted by molar-refractivity contribution is 6.76. The molecule has 4 rings (SSSR count). The number of fused-ring (bicyclic) bond motifs is 1. The number of esters is 1. The van der Waals surface area contributed by atoms with Crippen LogP contribution >= 0.6 is 0 Å². The van der Waals surface area contributed by atoms with Crippen LogP contribution in [0.3, 0.4) is 0 Å². The molecule has 4 aromatic rings. The molecule has 2 aromatic heterocycles. The first-order chi connectivity index (χ1) is 17.3. The lowest BCUT2D eigenvalue weighted by atomic mass is 10.1. The van der Waals surface area contributed by atoms with Gasteiger partial charge in [0.15, 0.2) is 5.82 Å². The summed E-state index contributed by atoms with van der Waals surface area (Å²) in [6.07, 6.45) is 2.47. The number of carbonyl (C=O) groups is 2. The molecular weight excluding hydrogens is 474 g/mol. The summed E-state index contributed by atoms with van der Waals surface area (Å²) in [6.45, 7) is 7.82. The fourth-order valence-electron chi connectivity index (χ4n) is 3.60. The third-order valence-corrected chi connectivity index (χ3v) is 7.31. The van der Waals surface area contributed by atoms with Crippen molar-refractivity contribution >= 4 is 31.4 Å². The van der Waals surface area contributed by atoms with Crippen molar-refractivity contribution in [3.05, 3.63) is 71.9 Å². The van der Waals surface area contributed by atoms with Gasteiger partial charge in [-0.2, -0.15) is 0 Å². The van der Waals surface area contributed by atoms with Gasteiger partial charge >= 0.3 is 5.97 Å². The number of imidazole rings is 1. The molecule has 186 valence electrons. The lowest BCUT2D eigenvalue weighted by molar-refractivity contribution is 0.0597. The maximum absolute atomic E-state index is 12.7. The van der Waals surface area contributed by atoms with Gasteiger partial charge in [-0.25, -0.2) is 9.78 Å². The normalized spacial score (nSPS) is 11.4. The van der Waals surface area contributed by atoms with E-state index >= 15 is 0 Å². The molecule has 0 atom stereocenters. The molecule has 0 bridgehead atoms. The second-order valence-electron chi connectivity index (χ2n) is 9.54. The van der Waals surface area contributed by atoms with E-state index in [1.165, 1.54) is 7.11 Å². The minimum atomic E-state index is -1.25. The second-order valence-corrected chi connectivity index (χ2v) is 15.2. The van der Waals surface area contributed by atoms with Crippen LogP contribution in [0.15, 0.2) is 60.8 Å². The van der Waals surface area contributed by atoms with Crippen LogP contribution in [0, 0.1) is 0 Å². The Kier molecular flexibility index (Phi) is 7.61. The van der Waals surface area contributed by atoms with Crippen molar-refractivity contribution in [1.82, 2.24) is 14.5 Å². The monoisotopic (exact) mass is 503 g/mol. The van der Waals surface area contributed by atoms with Gasteiger partial charge in [0.05, 0.1) is 18.1 Å². The molecule has 2 aromatic carbocycles. The van der Waals surface area contributed by atoms with E-state index in [1.807, 2.05) is 22.8 Å². The number of aldehydes is 1. The highest BCUT2D eigenvalue weighted by Crippen LogP contribution is 2.33. The van der Waals surface area contributed by atoms with Gasteiger partial charge in [0.2, 0.25) is 0 Å². The molecule has 0 fully saturated rings. The van der Waals surface area contributed by atoms with Crippen molar-refractivity contribution in [3.63, 3.8) is 0 Å². The number of benzene rings is 2. The quantitative estimate of drug-likeness (QED) is 0.117. The Morgan fingerprint density at radius 2 is 1.86 bits per heavy atom. The molecule has 0 radical (unpaired) electrons. The highest BCUT2D eigenvalue weighted by Gasteiger charge is 2.21. The van der Waals surface area contributed by atoms with Crippen molar-refractivity contribution in [2.24, 2.45) is 0 Å². The maximum Gasteiger partial charge on any atom is 0.341 e. The summed E-state index contributed by atoms with van der Waals surface area (Å²) < 4.78 is 19.0. The molecule has 8 nitrogen and oxygen atoms in total. The highest BCUT2D eigenvalue weighted by atomic mass is 28.3. The van der Waals surface area contributed by atoms with Crippen molar-refractivity contribution in [2.75, 3.05) is 13.7 Å². The van der Waals surface area contributed by atoms with Gasteiger partial charge in [0, 0.05) is 32.5 Å². The molecule has 0 saturated carbocycles. The van der Waals surface area contributed by atoms with Gasteiger partial charge in [-0.15, -0.1) is 0 Å². The van der Waals surface area contributed by atoms with Crippen LogP contribution in [-0.4, -0.2) is 48.6 Å². The first-order valence-electron chi connectivity index (χ1n) is 11.6. The van der Waals surface area contributed by atoms with Crippen LogP contribution in [0.2, 0.25) is 25.7 Å². The van der Waals surface area contributed by atoms with Crippen LogP contribution in [0.25, 0.3) is 22.6 Å². The molecule has 0 aliphatic carbocycles. The summed E-state index contributed by atoms with van der Waals surface area (Å²) in [7, 11) is 0.0754. The second kappa shape index (κ2) is 10.8. The van der Waals surface area contributed by atoms with Gasteiger partial charge in [-0.1, -0.05) is 25.7 Å². The number of hydrogen-bond donors (Lipinski definition) is 0. The van der Waals surface area contributed by atoms with E-state index in [4.69, 9.17) is 19.2 Å². The molecule has 0 saturated heterocycles. The standard InChI is InChI=1S/C27H29N3O5Si/c1-33-27(32)21-15-24-23(16-25(21)35-20-10-8-19(17-31)9-11-20)29-26(22-7-5-6-12-28-22)30(24)18-34-13-14-36(2,3)4/h5-12,15-17H,13-14,18H2,1-4H3. The molecular formula is C27H29N3O5Si. The van der Waals surface area contributed by atoms with Crippen LogP contribution < -0.4 is 4.74 Å². The zero-order valence-corrected chi connectivity index (χ0v) is 21.9. The summed E-state index contributed by atoms with van der Waals surface area (Å²) in [6, 6.07) is 16.7. The predicted molar refractivity (Wildman–Crippen MR) is 140 cm³/mol. The molecule has 36 heavy (non-hydrogen) atoms. The van der Waals surface area contributed by atoms with E-state index in [2.05, 4.69) is 24.6 Å². The third-order valence-electron chi connectivity index (χ3n) is 5.61. The fourth-order valence-corrected chi connectivity index (χ4v) is 4.36. The largest absolute Gasteiger partial charge is 0.465 e. The summed E-state index contributed by atoms with van der Waals surface area (Å²) in [5.74, 6) is 0.861. The number of methoxy groups -OCH3 is 1. The van der Waals surface area contributed by atoms with E-state index in [0.29, 0.717) is 46.2 Å². The van der Waals surface area contributed by atoms with E-state index in [9.17, 15) is 9.59 Å². The average molecular weight is 504 g/mol. The minimum absolute atomic E-state index is 0.250. The Balaban J connectivity index is 1.78. The first kappa shape index (κ1) is 25.3. The van der Waals surface area contributed by atoms with Crippen LogP contribution in [0.5, 0.6) is 11.5 Å². The summed E-state index contributed by atoms with van der Waals surface area (Å²) in [5.41, 5.74) is 2.79. The molecule has 0 unspecified atom stereocenters. The van der Waals surface area contributed by atoms with Crippen molar-refractivity contribution < 1.29 is 23.8 Å². The molecule has 9 heteroatoms. The molecule has 0 aliphatic rings. The van der Waals surface area contributed by atoms with Gasteiger partial charge in [-0.3, -0.25) is 14.3 Å². The minimum Gasteiger partial charge on any atom is -0.465 e. The Morgan fingerprint density at radius 3 is 2.50 bits per heavy atom. The maximum atomic E-state index is 12.7. The predicted octanol–water partition coefficient (Wildman–Crippen LogP) is 5.80. The van der Waals surface area contributed by atoms with E-state index in [-0.39, 0.29) is 12.3 Å². The van der Waals surface area contributed by atoms with E-state index in [0.717, 1.165) is 12.3 Å². The topological polar surface area (TPSA) is 92.5 Å². The smallest absolute Gasteiger partial charge is 0.341 e. The van der Waals surface area contributed by atoms with Gasteiger partial charge in [0.1, 0.15) is 35.8 Å². The molecule has 0 amide bonds.